The Morgan fingerprint density at radius 1 is 1.32 bits per heavy atom. The molecule has 0 atom stereocenters. The Kier molecular flexibility index (Phi) is 2.79. The first-order valence-corrected chi connectivity index (χ1v) is 6.45. The highest BCUT2D eigenvalue weighted by Crippen LogP contribution is 2.31. The van der Waals surface area contributed by atoms with Crippen LogP contribution in [0.5, 0.6) is 0 Å². The van der Waals surface area contributed by atoms with Gasteiger partial charge in [0.25, 0.3) is 0 Å². The van der Waals surface area contributed by atoms with Gasteiger partial charge in [-0.3, -0.25) is 4.98 Å². The van der Waals surface area contributed by atoms with E-state index in [-0.39, 0.29) is 5.82 Å². The van der Waals surface area contributed by atoms with Gasteiger partial charge in [-0.05, 0) is 42.2 Å². The molecule has 19 heavy (non-hydrogen) atoms. The molecule has 2 heterocycles. The van der Waals surface area contributed by atoms with Crippen LogP contribution in [0.4, 0.5) is 21.6 Å². The molecule has 0 bridgehead atoms. The number of nitrogens with one attached hydrogen (secondary N) is 1. The van der Waals surface area contributed by atoms with E-state index in [1.807, 2.05) is 6.92 Å². The Morgan fingerprint density at radius 3 is 3.00 bits per heavy atom. The Morgan fingerprint density at radius 2 is 2.16 bits per heavy atom. The van der Waals surface area contributed by atoms with E-state index in [9.17, 15) is 4.39 Å². The van der Waals surface area contributed by atoms with Gasteiger partial charge in [-0.2, -0.15) is 4.37 Å². The number of rotatable bonds is 2. The minimum Gasteiger partial charge on any atom is -0.397 e. The maximum absolute atomic E-state index is 13.3. The molecule has 2 aromatic heterocycles. The average Bonchev–Trinajstić information content (AvgIpc) is 2.79. The highest BCUT2D eigenvalue weighted by atomic mass is 32.1. The number of nitrogen functional groups attached to an aromatic ring is 1. The van der Waals surface area contributed by atoms with Crippen LogP contribution in [0, 0.1) is 12.7 Å². The van der Waals surface area contributed by atoms with E-state index in [0.717, 1.165) is 10.3 Å². The molecule has 0 aliphatic carbocycles. The van der Waals surface area contributed by atoms with Crippen molar-refractivity contribution in [2.75, 3.05) is 11.1 Å². The SMILES string of the molecule is Cc1ccc(F)cc1Nc1nsc2c(N)ccnc12. The Hall–Kier alpha value is -2.21. The molecule has 0 unspecified atom stereocenters. The molecule has 0 fully saturated rings. The number of nitrogens with two attached hydrogens (primary N) is 1. The molecular formula is C13H11FN4S. The second-order valence-electron chi connectivity index (χ2n) is 4.19. The van der Waals surface area contributed by atoms with E-state index >= 15 is 0 Å². The number of aromatic nitrogens is 2. The lowest BCUT2D eigenvalue weighted by atomic mass is 10.2. The first-order chi connectivity index (χ1) is 9.15. The summed E-state index contributed by atoms with van der Waals surface area (Å²) in [6.07, 6.45) is 1.63. The van der Waals surface area contributed by atoms with Gasteiger partial charge in [-0.1, -0.05) is 6.07 Å². The Balaban J connectivity index is 2.06. The number of benzene rings is 1. The molecule has 0 amide bonds. The van der Waals surface area contributed by atoms with E-state index in [1.54, 1.807) is 18.3 Å². The van der Waals surface area contributed by atoms with Crippen LogP contribution >= 0.6 is 11.5 Å². The maximum Gasteiger partial charge on any atom is 0.170 e. The Bertz CT molecular complexity index is 753. The zero-order chi connectivity index (χ0) is 13.4. The molecule has 0 radical (unpaired) electrons. The van der Waals surface area contributed by atoms with Crippen molar-refractivity contribution in [1.29, 1.82) is 0 Å². The van der Waals surface area contributed by atoms with Gasteiger partial charge in [0, 0.05) is 11.9 Å². The van der Waals surface area contributed by atoms with Gasteiger partial charge in [0.1, 0.15) is 11.3 Å². The summed E-state index contributed by atoms with van der Waals surface area (Å²) in [4.78, 5) is 4.26. The first-order valence-electron chi connectivity index (χ1n) is 5.68. The number of aryl methyl sites for hydroxylation is 1. The normalized spacial score (nSPS) is 10.8. The minimum atomic E-state index is -0.292. The molecule has 3 N–H and O–H groups in total. The van der Waals surface area contributed by atoms with Crippen LogP contribution < -0.4 is 11.1 Å². The number of anilines is 3. The highest BCUT2D eigenvalue weighted by molar-refractivity contribution is 7.14. The summed E-state index contributed by atoms with van der Waals surface area (Å²) in [6.45, 7) is 1.90. The molecule has 4 nitrogen and oxygen atoms in total. The molecule has 3 aromatic rings. The zero-order valence-electron chi connectivity index (χ0n) is 10.1. The molecule has 0 saturated heterocycles. The maximum atomic E-state index is 13.3. The third-order valence-electron chi connectivity index (χ3n) is 2.84. The monoisotopic (exact) mass is 274 g/mol. The van der Waals surface area contributed by atoms with Crippen LogP contribution in [-0.4, -0.2) is 9.36 Å². The fourth-order valence-electron chi connectivity index (χ4n) is 1.80. The van der Waals surface area contributed by atoms with E-state index in [4.69, 9.17) is 5.73 Å². The summed E-state index contributed by atoms with van der Waals surface area (Å²) >= 11 is 1.28. The lowest BCUT2D eigenvalue weighted by Gasteiger charge is -2.07. The summed E-state index contributed by atoms with van der Waals surface area (Å²) in [5.41, 5.74) is 8.82. The quantitative estimate of drug-likeness (QED) is 0.751. The molecule has 0 spiro atoms. The second-order valence-corrected chi connectivity index (χ2v) is 4.97. The van der Waals surface area contributed by atoms with Crippen molar-refractivity contribution in [1.82, 2.24) is 9.36 Å². The fourth-order valence-corrected chi connectivity index (χ4v) is 2.52. The Labute approximate surface area is 113 Å². The van der Waals surface area contributed by atoms with E-state index < -0.39 is 0 Å². The van der Waals surface area contributed by atoms with E-state index in [1.165, 1.54) is 23.7 Å². The van der Waals surface area contributed by atoms with E-state index in [0.29, 0.717) is 22.7 Å². The summed E-state index contributed by atoms with van der Waals surface area (Å²) in [6, 6.07) is 6.31. The molecule has 0 aliphatic rings. The van der Waals surface area contributed by atoms with Gasteiger partial charge in [0.2, 0.25) is 0 Å². The van der Waals surface area contributed by atoms with Crippen LogP contribution in [-0.2, 0) is 0 Å². The highest BCUT2D eigenvalue weighted by Gasteiger charge is 2.11. The minimum absolute atomic E-state index is 0.292. The van der Waals surface area contributed by atoms with Crippen molar-refractivity contribution in [2.45, 2.75) is 6.92 Å². The van der Waals surface area contributed by atoms with Gasteiger partial charge in [0.15, 0.2) is 5.82 Å². The number of hydrogen-bond donors (Lipinski definition) is 2. The average molecular weight is 274 g/mol. The summed E-state index contributed by atoms with van der Waals surface area (Å²) in [7, 11) is 0. The van der Waals surface area contributed by atoms with Crippen molar-refractivity contribution in [3.05, 3.63) is 41.8 Å². The van der Waals surface area contributed by atoms with Crippen molar-refractivity contribution in [3.8, 4) is 0 Å². The summed E-state index contributed by atoms with van der Waals surface area (Å²) in [5, 5.41) is 3.10. The molecular weight excluding hydrogens is 263 g/mol. The molecule has 3 rings (SSSR count). The number of fused-ring (bicyclic) bond motifs is 1. The van der Waals surface area contributed by atoms with Crippen molar-refractivity contribution in [2.24, 2.45) is 0 Å². The van der Waals surface area contributed by atoms with Gasteiger partial charge < -0.3 is 11.1 Å². The van der Waals surface area contributed by atoms with Crippen LogP contribution in [0.2, 0.25) is 0 Å². The molecule has 0 aliphatic heterocycles. The van der Waals surface area contributed by atoms with Crippen LogP contribution in [0.15, 0.2) is 30.5 Å². The molecule has 1 aromatic carbocycles. The molecule has 96 valence electrons. The molecule has 6 heteroatoms. The third kappa shape index (κ3) is 2.10. The van der Waals surface area contributed by atoms with Gasteiger partial charge in [-0.15, -0.1) is 0 Å². The van der Waals surface area contributed by atoms with Crippen molar-refractivity contribution in [3.63, 3.8) is 0 Å². The van der Waals surface area contributed by atoms with Crippen LogP contribution in [0.1, 0.15) is 5.56 Å². The van der Waals surface area contributed by atoms with Crippen LogP contribution in [0.3, 0.4) is 0 Å². The van der Waals surface area contributed by atoms with Crippen molar-refractivity contribution < 1.29 is 4.39 Å². The van der Waals surface area contributed by atoms with E-state index in [2.05, 4.69) is 14.7 Å². The predicted octanol–water partition coefficient (Wildman–Crippen LogP) is 3.46. The largest absolute Gasteiger partial charge is 0.397 e. The van der Waals surface area contributed by atoms with Gasteiger partial charge in [0.05, 0.1) is 10.4 Å². The summed E-state index contributed by atoms with van der Waals surface area (Å²) in [5.74, 6) is 0.307. The van der Waals surface area contributed by atoms with Gasteiger partial charge >= 0.3 is 0 Å². The number of pyridine rings is 1. The predicted molar refractivity (Wildman–Crippen MR) is 76.2 cm³/mol. The number of hydrogen-bond acceptors (Lipinski definition) is 5. The lowest BCUT2D eigenvalue weighted by Crippen LogP contribution is -1.95. The molecule has 0 saturated carbocycles. The first kappa shape index (κ1) is 11.9. The standard InChI is InChI=1S/C13H11FN4S/c1-7-2-3-8(14)6-10(7)17-13-11-12(19-18-13)9(15)4-5-16-11/h2-6H,1H3,(H2,15,16)(H,17,18). The topological polar surface area (TPSA) is 63.8 Å². The smallest absolute Gasteiger partial charge is 0.170 e. The third-order valence-corrected chi connectivity index (χ3v) is 3.73. The lowest BCUT2D eigenvalue weighted by molar-refractivity contribution is 0.628. The second kappa shape index (κ2) is 4.47. The fraction of sp³-hybridized carbons (Fsp3) is 0.0769. The van der Waals surface area contributed by atoms with Crippen LogP contribution in [0.25, 0.3) is 10.2 Å². The number of nitrogens with zero attached hydrogens (tertiary/aromatic N) is 2. The summed E-state index contributed by atoms with van der Waals surface area (Å²) < 4.78 is 18.4. The van der Waals surface area contributed by atoms with Crippen molar-refractivity contribution >= 4 is 38.9 Å². The zero-order valence-corrected chi connectivity index (χ0v) is 11.0. The van der Waals surface area contributed by atoms with Gasteiger partial charge in [-0.25, -0.2) is 4.39 Å². The number of halogens is 1.